The molecule has 4 heterocycles. The predicted octanol–water partition coefficient (Wildman–Crippen LogP) is 6.30. The van der Waals surface area contributed by atoms with Crippen LogP contribution in [-0.4, -0.2) is 37.2 Å². The number of hydrogen-bond donors (Lipinski definition) is 0. The first-order chi connectivity index (χ1) is 18.5. The quantitative estimate of drug-likeness (QED) is 0.290. The third-order valence-electron chi connectivity index (χ3n) is 8.28. The zero-order valence-electron chi connectivity index (χ0n) is 22.3. The van der Waals surface area contributed by atoms with Gasteiger partial charge in [0, 0.05) is 25.5 Å². The standard InChI is InChI=1S/C29H32F3N5OS/c1-19-6-5-9-35(12-19)13-20-10-23(29(30,31)32)24-15-36(26(38)37(24)14-20)22-8-4-7-21(11-22)28(16-27(2,3)17-28)25-34-33-18-39-25/h4,7-8,10-11,14-15,18-19H,5-6,9,12-13,16-17H2,1-3H3/t19-/m0/s1. The Hall–Kier alpha value is -2.98. The van der Waals surface area contributed by atoms with Crippen LogP contribution < -0.4 is 5.69 Å². The fourth-order valence-corrected chi connectivity index (χ4v) is 7.60. The smallest absolute Gasteiger partial charge is 0.299 e. The van der Waals surface area contributed by atoms with Gasteiger partial charge in [-0.05, 0) is 72.9 Å². The van der Waals surface area contributed by atoms with Crippen molar-refractivity contribution in [2.24, 2.45) is 11.3 Å². The molecule has 0 spiro atoms. The second-order valence-corrected chi connectivity index (χ2v) is 13.0. The fourth-order valence-electron chi connectivity index (χ4n) is 6.83. The second-order valence-electron chi connectivity index (χ2n) is 12.2. The van der Waals surface area contributed by atoms with Crippen LogP contribution >= 0.6 is 11.3 Å². The van der Waals surface area contributed by atoms with E-state index in [0.29, 0.717) is 23.7 Å². The minimum Gasteiger partial charge on any atom is -0.299 e. The van der Waals surface area contributed by atoms with Gasteiger partial charge in [0.2, 0.25) is 0 Å². The van der Waals surface area contributed by atoms with E-state index in [1.54, 1.807) is 17.8 Å². The van der Waals surface area contributed by atoms with Gasteiger partial charge in [0.1, 0.15) is 10.5 Å². The Balaban J connectivity index is 1.43. The molecule has 10 heteroatoms. The Kier molecular flexibility index (Phi) is 6.26. The van der Waals surface area contributed by atoms with E-state index in [0.717, 1.165) is 53.7 Å². The molecule has 1 aliphatic carbocycles. The number of hydrogen-bond acceptors (Lipinski definition) is 5. The SMILES string of the molecule is C[C@H]1CCCN(Cc2cc(C(F)(F)F)c3cn(-c4cccc(C5(c6nncs6)CC(C)(C)C5)c4)c(=O)n3c2)C1. The van der Waals surface area contributed by atoms with Gasteiger partial charge < -0.3 is 0 Å². The van der Waals surface area contributed by atoms with Crippen LogP contribution in [0.1, 0.15) is 68.2 Å². The highest BCUT2D eigenvalue weighted by Gasteiger charge is 2.53. The van der Waals surface area contributed by atoms with E-state index in [1.807, 2.05) is 18.2 Å². The van der Waals surface area contributed by atoms with Gasteiger partial charge in [-0.15, -0.1) is 21.5 Å². The molecule has 1 saturated heterocycles. The molecule has 0 N–H and O–H groups in total. The number of imidazole rings is 1. The molecule has 1 saturated carbocycles. The number of likely N-dealkylation sites (tertiary alicyclic amines) is 1. The molecular weight excluding hydrogens is 523 g/mol. The summed E-state index contributed by atoms with van der Waals surface area (Å²) < 4.78 is 45.2. The maximum atomic E-state index is 14.2. The van der Waals surface area contributed by atoms with E-state index in [4.69, 9.17) is 0 Å². The number of halogens is 3. The third-order valence-corrected chi connectivity index (χ3v) is 9.18. The second kappa shape index (κ2) is 9.30. The first kappa shape index (κ1) is 26.3. The molecule has 39 heavy (non-hydrogen) atoms. The first-order valence-electron chi connectivity index (χ1n) is 13.4. The van der Waals surface area contributed by atoms with Crippen LogP contribution in [0.3, 0.4) is 0 Å². The summed E-state index contributed by atoms with van der Waals surface area (Å²) in [4.78, 5) is 15.8. The third kappa shape index (κ3) is 4.71. The molecule has 2 aliphatic rings. The summed E-state index contributed by atoms with van der Waals surface area (Å²) in [5, 5.41) is 9.35. The maximum Gasteiger partial charge on any atom is 0.418 e. The molecule has 1 atom stereocenters. The molecule has 6 rings (SSSR count). The van der Waals surface area contributed by atoms with Crippen molar-refractivity contribution in [1.29, 1.82) is 0 Å². The number of benzene rings is 1. The summed E-state index contributed by atoms with van der Waals surface area (Å²) in [7, 11) is 0. The highest BCUT2D eigenvalue weighted by Crippen LogP contribution is 2.59. The van der Waals surface area contributed by atoms with E-state index in [2.05, 4.69) is 35.9 Å². The van der Waals surface area contributed by atoms with Crippen molar-refractivity contribution in [2.75, 3.05) is 13.1 Å². The summed E-state index contributed by atoms with van der Waals surface area (Å²) in [6.45, 7) is 8.66. The molecule has 0 unspecified atom stereocenters. The molecule has 4 aromatic rings. The Morgan fingerprint density at radius 1 is 1.15 bits per heavy atom. The van der Waals surface area contributed by atoms with Crippen LogP contribution in [0.4, 0.5) is 13.2 Å². The lowest BCUT2D eigenvalue weighted by Crippen LogP contribution is -2.47. The largest absolute Gasteiger partial charge is 0.418 e. The molecule has 3 aromatic heterocycles. The van der Waals surface area contributed by atoms with Crippen molar-refractivity contribution in [3.8, 4) is 5.69 Å². The summed E-state index contributed by atoms with van der Waals surface area (Å²) in [6.07, 6.45) is 2.21. The van der Waals surface area contributed by atoms with E-state index >= 15 is 0 Å². The Labute approximate surface area is 229 Å². The summed E-state index contributed by atoms with van der Waals surface area (Å²) in [6, 6.07) is 8.77. The van der Waals surface area contributed by atoms with Crippen LogP contribution in [0.25, 0.3) is 11.2 Å². The Bertz CT molecular complexity index is 1560. The number of rotatable bonds is 5. The Morgan fingerprint density at radius 3 is 2.62 bits per heavy atom. The van der Waals surface area contributed by atoms with Crippen molar-refractivity contribution >= 4 is 16.9 Å². The van der Waals surface area contributed by atoms with Gasteiger partial charge in [-0.1, -0.05) is 32.9 Å². The topological polar surface area (TPSA) is 55.4 Å². The van der Waals surface area contributed by atoms with Gasteiger partial charge in [-0.3, -0.25) is 13.9 Å². The minimum absolute atomic E-state index is 0.132. The zero-order valence-corrected chi connectivity index (χ0v) is 23.1. The molecule has 0 bridgehead atoms. The van der Waals surface area contributed by atoms with E-state index in [9.17, 15) is 18.0 Å². The van der Waals surface area contributed by atoms with Crippen LogP contribution in [-0.2, 0) is 18.1 Å². The van der Waals surface area contributed by atoms with Gasteiger partial charge in [-0.25, -0.2) is 4.79 Å². The van der Waals surface area contributed by atoms with Crippen molar-refractivity contribution < 1.29 is 13.2 Å². The molecule has 6 nitrogen and oxygen atoms in total. The van der Waals surface area contributed by atoms with Gasteiger partial charge in [0.05, 0.1) is 22.2 Å². The van der Waals surface area contributed by atoms with Crippen LogP contribution in [0, 0.1) is 11.3 Å². The molecule has 0 radical (unpaired) electrons. The average Bonchev–Trinajstić information content (AvgIpc) is 3.50. The van der Waals surface area contributed by atoms with Crippen molar-refractivity contribution in [3.63, 3.8) is 0 Å². The van der Waals surface area contributed by atoms with Crippen LogP contribution in [0.2, 0.25) is 0 Å². The average molecular weight is 556 g/mol. The molecular formula is C29H32F3N5OS. The normalized spacial score (nSPS) is 21.2. The lowest BCUT2D eigenvalue weighted by molar-refractivity contribution is -0.136. The maximum absolute atomic E-state index is 14.2. The summed E-state index contributed by atoms with van der Waals surface area (Å²) >= 11 is 1.51. The summed E-state index contributed by atoms with van der Waals surface area (Å²) in [5.74, 6) is 0.505. The van der Waals surface area contributed by atoms with Crippen LogP contribution in [0.15, 0.2) is 53.0 Å². The van der Waals surface area contributed by atoms with Gasteiger partial charge >= 0.3 is 11.9 Å². The molecule has 206 valence electrons. The highest BCUT2D eigenvalue weighted by atomic mass is 32.1. The van der Waals surface area contributed by atoms with Crippen molar-refractivity contribution in [1.82, 2.24) is 24.1 Å². The number of alkyl halides is 3. The fraction of sp³-hybridized carbons (Fsp3) is 0.483. The lowest BCUT2D eigenvalue weighted by Gasteiger charge is -2.52. The molecule has 1 aromatic carbocycles. The van der Waals surface area contributed by atoms with Crippen molar-refractivity contribution in [2.45, 2.75) is 64.6 Å². The van der Waals surface area contributed by atoms with Gasteiger partial charge in [0.15, 0.2) is 0 Å². The lowest BCUT2D eigenvalue weighted by atomic mass is 9.52. The zero-order chi connectivity index (χ0) is 27.6. The highest BCUT2D eigenvalue weighted by molar-refractivity contribution is 7.09. The minimum atomic E-state index is -4.59. The molecule has 0 amide bonds. The number of piperidine rings is 1. The number of nitrogens with zero attached hydrogens (tertiary/aromatic N) is 5. The van der Waals surface area contributed by atoms with Crippen LogP contribution in [0.5, 0.6) is 0 Å². The van der Waals surface area contributed by atoms with Crippen molar-refractivity contribution in [3.05, 3.63) is 80.4 Å². The monoisotopic (exact) mass is 555 g/mol. The number of fused-ring (bicyclic) bond motifs is 1. The van der Waals surface area contributed by atoms with E-state index in [-0.39, 0.29) is 16.3 Å². The number of pyridine rings is 1. The van der Waals surface area contributed by atoms with Gasteiger partial charge in [-0.2, -0.15) is 13.2 Å². The van der Waals surface area contributed by atoms with E-state index in [1.165, 1.54) is 28.2 Å². The summed E-state index contributed by atoms with van der Waals surface area (Å²) in [5.41, 5.74) is 2.11. The molecule has 2 fully saturated rings. The Morgan fingerprint density at radius 2 is 1.95 bits per heavy atom. The van der Waals surface area contributed by atoms with Gasteiger partial charge in [0.25, 0.3) is 0 Å². The van der Waals surface area contributed by atoms with E-state index < -0.39 is 17.4 Å². The molecule has 1 aliphatic heterocycles. The number of aromatic nitrogens is 4. The predicted molar refractivity (Wildman–Crippen MR) is 145 cm³/mol. The first-order valence-corrected chi connectivity index (χ1v) is 14.3.